The summed E-state index contributed by atoms with van der Waals surface area (Å²) in [6, 6.07) is 11.6. The first kappa shape index (κ1) is 40.8. The van der Waals surface area contributed by atoms with E-state index in [1.165, 1.54) is 6.92 Å². The number of piperidine rings is 2. The van der Waals surface area contributed by atoms with E-state index >= 15 is 4.39 Å². The molecule has 4 aromatic rings. The molecule has 4 aliphatic rings. The number of hydrogen-bond donors (Lipinski definition) is 2. The van der Waals surface area contributed by atoms with Gasteiger partial charge in [-0.2, -0.15) is 22.7 Å². The number of pyridine rings is 2. The van der Waals surface area contributed by atoms with Gasteiger partial charge >= 0.3 is 0 Å². The topological polar surface area (TPSA) is 146 Å². The molecule has 13 nitrogen and oxygen atoms in total. The molecule has 2 N–H and O–H groups in total. The molecule has 3 aromatic heterocycles. The van der Waals surface area contributed by atoms with Crippen molar-refractivity contribution in [3.63, 3.8) is 0 Å². The smallest absolute Gasteiger partial charge is 0.263 e. The van der Waals surface area contributed by atoms with Gasteiger partial charge in [0.05, 0.1) is 23.4 Å². The van der Waals surface area contributed by atoms with Gasteiger partial charge in [0, 0.05) is 94.8 Å². The van der Waals surface area contributed by atoms with E-state index in [0.717, 1.165) is 89.0 Å². The third-order valence-corrected chi connectivity index (χ3v) is 12.2. The average Bonchev–Trinajstić information content (AvgIpc) is 3.73. The summed E-state index contributed by atoms with van der Waals surface area (Å²) in [7, 11) is 0. The van der Waals surface area contributed by atoms with E-state index in [0.29, 0.717) is 52.8 Å². The van der Waals surface area contributed by atoms with Crippen LogP contribution in [-0.2, 0) is 35.4 Å². The second kappa shape index (κ2) is 17.7. The van der Waals surface area contributed by atoms with Gasteiger partial charge in [0.25, 0.3) is 5.56 Å². The number of anilines is 3. The van der Waals surface area contributed by atoms with E-state index in [1.807, 2.05) is 24.4 Å². The number of nitrogens with zero attached hydrogens (tertiary/aromatic N) is 7. The summed E-state index contributed by atoms with van der Waals surface area (Å²) in [6.07, 6.45) is 9.91. The number of nitrogens with one attached hydrogen (secondary N) is 2. The van der Waals surface area contributed by atoms with Gasteiger partial charge in [-0.3, -0.25) is 38.4 Å². The van der Waals surface area contributed by atoms with Crippen LogP contribution in [0.5, 0.6) is 0 Å². The Hall–Kier alpha value is -4.34. The summed E-state index contributed by atoms with van der Waals surface area (Å²) in [6.45, 7) is 8.76. The number of carbonyl (C=O) groups excluding carboxylic acids is 3. The van der Waals surface area contributed by atoms with Gasteiger partial charge in [0.1, 0.15) is 11.5 Å². The molecule has 0 bridgehead atoms. The van der Waals surface area contributed by atoms with Crippen LogP contribution >= 0.6 is 0 Å². The van der Waals surface area contributed by atoms with Crippen molar-refractivity contribution in [3.05, 3.63) is 87.6 Å². The molecule has 1 aliphatic carbocycles. The Kier molecular flexibility index (Phi) is 12.6. The molecule has 57 heavy (non-hydrogen) atoms. The van der Waals surface area contributed by atoms with E-state index in [1.54, 1.807) is 35.9 Å². The molecule has 1 unspecified atom stereocenters. The van der Waals surface area contributed by atoms with Gasteiger partial charge in [-0.15, -0.1) is 6.07 Å². The minimum Gasteiger partial charge on any atom is -0.368 e. The number of aryl methyl sites for hydroxylation is 1. The van der Waals surface area contributed by atoms with E-state index < -0.39 is 5.92 Å². The molecule has 6 heterocycles. The Balaban J connectivity index is 0.00000496. The van der Waals surface area contributed by atoms with Crippen molar-refractivity contribution in [2.75, 3.05) is 56.0 Å². The van der Waals surface area contributed by atoms with Crippen molar-refractivity contribution in [1.82, 2.24) is 34.6 Å². The third kappa shape index (κ3) is 8.75. The fraction of sp³-hybridized carbons (Fsp3) is 0.476. The number of rotatable bonds is 10. The Bertz CT molecular complexity index is 2180. The van der Waals surface area contributed by atoms with Crippen molar-refractivity contribution >= 4 is 46.1 Å². The number of aromatic nitrogens is 4. The van der Waals surface area contributed by atoms with Crippen LogP contribution in [0.25, 0.3) is 11.0 Å². The normalized spacial score (nSPS) is 20.1. The molecule has 3 saturated heterocycles. The number of hydrogen-bond acceptors (Lipinski definition) is 11. The monoisotopic (exact) mass is 942 g/mol. The van der Waals surface area contributed by atoms with E-state index in [4.69, 9.17) is 4.98 Å². The second-order valence-electron chi connectivity index (χ2n) is 15.7. The number of Topliss-reactive ketones (excluding diaryl/α,β-unsaturated/α-hetero) is 1. The van der Waals surface area contributed by atoms with Crippen LogP contribution in [0, 0.1) is 13.1 Å². The molecule has 1 atom stereocenters. The molecular weight excluding hydrogens is 892 g/mol. The maximum absolute atomic E-state index is 15.5. The minimum absolute atomic E-state index is 0. The Morgan fingerprint density at radius 1 is 0.930 bits per heavy atom. The van der Waals surface area contributed by atoms with Crippen molar-refractivity contribution in [2.45, 2.75) is 83.2 Å². The van der Waals surface area contributed by atoms with Crippen LogP contribution in [0.1, 0.15) is 97.3 Å². The van der Waals surface area contributed by atoms with Crippen molar-refractivity contribution < 1.29 is 44.6 Å². The molecule has 1 saturated carbocycles. The first-order valence-electron chi connectivity index (χ1n) is 20.0. The SMILES string of the molecule is CC(=O)c1c(C)c2cnc(Nc3ccc(N4CCN(C5CCN(C[C-](F)c6cccc(C7CCC(=O)NC7=O)c6)CC5)CC4)cn3)nc2n(C2CCCC2)c1=O.[Hf]. The van der Waals surface area contributed by atoms with Gasteiger partial charge < -0.3 is 15.1 Å². The molecule has 4 fully saturated rings. The summed E-state index contributed by atoms with van der Waals surface area (Å²) in [5, 5.41) is 6.32. The predicted octanol–water partition coefficient (Wildman–Crippen LogP) is 5.21. The van der Waals surface area contributed by atoms with Crippen molar-refractivity contribution in [1.29, 1.82) is 0 Å². The standard InChI is InChI=1S/C42H49FN9O4.Hf/c1-26-34-24-45-42(48-39(34)52(31-8-3-4-9-31)41(56)38(26)27(2)53)46-36-12-10-32(23-44-36)51-20-18-50(19-21-51)30-14-16-49(17-15-30)25-35(43)29-7-5-6-28(22-29)33-11-13-37(54)47-40(33)55;/h5-7,10,12,22-24,30-31,33H,3-4,8-9,11,13-21,25H2,1-2H3,(H,47,54,55)(H,44,45,46,48);/q-1;. The van der Waals surface area contributed by atoms with E-state index in [2.05, 4.69) is 35.3 Å². The van der Waals surface area contributed by atoms with Gasteiger partial charge in [-0.05, 0) is 76.7 Å². The fourth-order valence-electron chi connectivity index (χ4n) is 9.08. The first-order valence-corrected chi connectivity index (χ1v) is 20.0. The molecule has 0 radical (unpaired) electrons. The van der Waals surface area contributed by atoms with Gasteiger partial charge in [0.2, 0.25) is 17.8 Å². The van der Waals surface area contributed by atoms with Gasteiger partial charge in [-0.25, -0.2) is 9.97 Å². The van der Waals surface area contributed by atoms with Crippen molar-refractivity contribution in [2.24, 2.45) is 0 Å². The number of benzene rings is 1. The molecular formula is C42H49FHfN9O4-. The summed E-state index contributed by atoms with van der Waals surface area (Å²) in [4.78, 5) is 71.0. The zero-order valence-electron chi connectivity index (χ0n) is 32.6. The first-order chi connectivity index (χ1) is 27.1. The minimum atomic E-state index is -0.430. The zero-order chi connectivity index (χ0) is 38.9. The molecule has 3 aliphatic heterocycles. The number of carbonyl (C=O) groups is 3. The number of imide groups is 1. The Morgan fingerprint density at radius 3 is 2.37 bits per heavy atom. The van der Waals surface area contributed by atoms with Crippen LogP contribution in [0.4, 0.5) is 21.8 Å². The molecule has 0 spiro atoms. The van der Waals surface area contributed by atoms with Crippen molar-refractivity contribution in [3.8, 4) is 0 Å². The van der Waals surface area contributed by atoms with E-state index in [-0.39, 0.29) is 73.3 Å². The quantitative estimate of drug-likeness (QED) is 0.0937. The predicted molar refractivity (Wildman–Crippen MR) is 212 cm³/mol. The summed E-state index contributed by atoms with van der Waals surface area (Å²) in [5.41, 5.74) is 3.38. The fourth-order valence-corrected chi connectivity index (χ4v) is 9.08. The molecule has 1 aromatic carbocycles. The molecule has 298 valence electrons. The zero-order valence-corrected chi connectivity index (χ0v) is 36.2. The van der Waals surface area contributed by atoms with E-state index in [9.17, 15) is 19.2 Å². The summed E-state index contributed by atoms with van der Waals surface area (Å²) >= 11 is 0. The summed E-state index contributed by atoms with van der Waals surface area (Å²) < 4.78 is 17.2. The van der Waals surface area contributed by atoms with Crippen LogP contribution in [-0.4, -0.2) is 98.8 Å². The number of ketones is 1. The van der Waals surface area contributed by atoms with Crippen LogP contribution in [0.2, 0.25) is 0 Å². The van der Waals surface area contributed by atoms with Crippen LogP contribution < -0.4 is 21.1 Å². The van der Waals surface area contributed by atoms with Crippen LogP contribution in [0.3, 0.4) is 0 Å². The maximum atomic E-state index is 15.5. The van der Waals surface area contributed by atoms with Gasteiger partial charge in [-0.1, -0.05) is 24.5 Å². The second-order valence-corrected chi connectivity index (χ2v) is 15.7. The van der Waals surface area contributed by atoms with Gasteiger partial charge in [0.15, 0.2) is 5.78 Å². The number of amides is 2. The molecule has 8 rings (SSSR count). The number of piperazine rings is 1. The molecule has 15 heteroatoms. The maximum Gasteiger partial charge on any atom is 0.263 e. The summed E-state index contributed by atoms with van der Waals surface area (Å²) in [5.74, 6) is -0.297. The number of likely N-dealkylation sites (tertiary alicyclic amines) is 1. The molecule has 2 amide bonds. The largest absolute Gasteiger partial charge is 0.368 e. The number of halogens is 1. The Morgan fingerprint density at radius 2 is 1.68 bits per heavy atom. The average molecular weight is 941 g/mol. The van der Waals surface area contributed by atoms with Crippen LogP contribution in [0.15, 0.2) is 53.6 Å². The Labute approximate surface area is 350 Å². The number of fused-ring (bicyclic) bond motifs is 1. The third-order valence-electron chi connectivity index (χ3n) is 12.2.